The van der Waals surface area contributed by atoms with Crippen LogP contribution in [0.4, 0.5) is 0 Å². The predicted molar refractivity (Wildman–Crippen MR) is 78.3 cm³/mol. The number of pyridine rings is 1. The molecule has 0 radical (unpaired) electrons. The minimum absolute atomic E-state index is 0.119. The van der Waals surface area contributed by atoms with E-state index < -0.39 is 0 Å². The topological polar surface area (TPSA) is 34.1 Å². The first-order chi connectivity index (χ1) is 9.21. The average molecular weight is 262 g/mol. The number of hydrogen-bond donors (Lipinski definition) is 1. The third-order valence-corrected chi connectivity index (χ3v) is 4.59. The highest BCUT2D eigenvalue weighted by molar-refractivity contribution is 5.17. The van der Waals surface area contributed by atoms with Crippen LogP contribution in [0, 0.1) is 0 Å². The van der Waals surface area contributed by atoms with E-state index in [0.29, 0.717) is 12.0 Å². The first kappa shape index (κ1) is 14.5. The molecule has 2 rings (SSSR count). The van der Waals surface area contributed by atoms with E-state index in [4.69, 9.17) is 4.74 Å². The molecule has 1 saturated carbocycles. The lowest BCUT2D eigenvalue weighted by Crippen LogP contribution is -2.47. The normalized spacial score (nSPS) is 20.6. The Morgan fingerprint density at radius 1 is 1.37 bits per heavy atom. The van der Waals surface area contributed by atoms with Gasteiger partial charge >= 0.3 is 0 Å². The van der Waals surface area contributed by atoms with Crippen LogP contribution in [0.25, 0.3) is 0 Å². The first-order valence-electron chi connectivity index (χ1n) is 7.39. The van der Waals surface area contributed by atoms with Crippen LogP contribution < -0.4 is 5.32 Å². The zero-order valence-electron chi connectivity index (χ0n) is 12.4. The van der Waals surface area contributed by atoms with E-state index in [1.54, 1.807) is 0 Å². The van der Waals surface area contributed by atoms with Crippen LogP contribution in [-0.4, -0.2) is 30.3 Å². The van der Waals surface area contributed by atoms with Gasteiger partial charge in [-0.05, 0) is 55.8 Å². The zero-order chi connectivity index (χ0) is 13.7. The lowest BCUT2D eigenvalue weighted by Gasteiger charge is -2.44. The second-order valence-electron chi connectivity index (χ2n) is 5.68. The van der Waals surface area contributed by atoms with Gasteiger partial charge in [0, 0.05) is 25.5 Å². The molecule has 3 heteroatoms. The van der Waals surface area contributed by atoms with Gasteiger partial charge in [-0.2, -0.15) is 0 Å². The number of methoxy groups -OCH3 is 1. The SMILES string of the molecule is CCNC(CC1(OC)CCC1)C(C)c1ccncc1. The van der Waals surface area contributed by atoms with Gasteiger partial charge in [-0.3, -0.25) is 4.98 Å². The predicted octanol–water partition coefficient (Wildman–Crippen LogP) is 3.12. The van der Waals surface area contributed by atoms with E-state index in [1.165, 1.54) is 24.8 Å². The molecule has 1 fully saturated rings. The summed E-state index contributed by atoms with van der Waals surface area (Å²) in [4.78, 5) is 4.11. The fourth-order valence-corrected chi connectivity index (χ4v) is 3.05. The number of nitrogens with zero attached hydrogens (tertiary/aromatic N) is 1. The van der Waals surface area contributed by atoms with Gasteiger partial charge in [0.25, 0.3) is 0 Å². The van der Waals surface area contributed by atoms with Crippen molar-refractivity contribution < 1.29 is 4.74 Å². The Morgan fingerprint density at radius 2 is 2.05 bits per heavy atom. The first-order valence-corrected chi connectivity index (χ1v) is 7.39. The van der Waals surface area contributed by atoms with Crippen molar-refractivity contribution in [1.82, 2.24) is 10.3 Å². The summed E-state index contributed by atoms with van der Waals surface area (Å²) in [5.41, 5.74) is 1.47. The Morgan fingerprint density at radius 3 is 2.53 bits per heavy atom. The fourth-order valence-electron chi connectivity index (χ4n) is 3.05. The summed E-state index contributed by atoms with van der Waals surface area (Å²) < 4.78 is 5.78. The van der Waals surface area contributed by atoms with Crippen LogP contribution in [0.5, 0.6) is 0 Å². The van der Waals surface area contributed by atoms with Crippen LogP contribution in [0.15, 0.2) is 24.5 Å². The molecule has 0 aliphatic heterocycles. The molecular formula is C16H26N2O. The summed E-state index contributed by atoms with van der Waals surface area (Å²) in [6.45, 7) is 5.47. The van der Waals surface area contributed by atoms with Gasteiger partial charge in [0.15, 0.2) is 0 Å². The Labute approximate surface area is 116 Å². The monoisotopic (exact) mass is 262 g/mol. The second-order valence-corrected chi connectivity index (χ2v) is 5.68. The summed E-state index contributed by atoms with van der Waals surface area (Å²) in [5, 5.41) is 3.64. The number of nitrogens with one attached hydrogen (secondary N) is 1. The van der Waals surface area contributed by atoms with Crippen LogP contribution in [0.2, 0.25) is 0 Å². The number of likely N-dealkylation sites (N-methyl/N-ethyl adjacent to an activating group) is 1. The Bertz CT molecular complexity index is 370. The van der Waals surface area contributed by atoms with Crippen molar-refractivity contribution >= 4 is 0 Å². The van der Waals surface area contributed by atoms with Gasteiger partial charge in [-0.25, -0.2) is 0 Å². The van der Waals surface area contributed by atoms with E-state index in [-0.39, 0.29) is 5.60 Å². The van der Waals surface area contributed by atoms with Gasteiger partial charge in [-0.15, -0.1) is 0 Å². The third-order valence-electron chi connectivity index (χ3n) is 4.59. The molecule has 0 bridgehead atoms. The molecule has 0 amide bonds. The van der Waals surface area contributed by atoms with E-state index in [1.807, 2.05) is 19.5 Å². The lowest BCUT2D eigenvalue weighted by atomic mass is 9.73. The molecule has 106 valence electrons. The van der Waals surface area contributed by atoms with Gasteiger partial charge in [0.05, 0.1) is 5.60 Å². The van der Waals surface area contributed by atoms with Crippen molar-refractivity contribution in [3.05, 3.63) is 30.1 Å². The molecule has 1 aliphatic rings. The molecule has 1 N–H and O–H groups in total. The Balaban J connectivity index is 2.06. The summed E-state index contributed by atoms with van der Waals surface area (Å²) in [6.07, 6.45) is 8.56. The quantitative estimate of drug-likeness (QED) is 0.820. The lowest BCUT2D eigenvalue weighted by molar-refractivity contribution is -0.0846. The minimum Gasteiger partial charge on any atom is -0.378 e. The van der Waals surface area contributed by atoms with Crippen molar-refractivity contribution in [2.24, 2.45) is 0 Å². The summed E-state index contributed by atoms with van der Waals surface area (Å²) in [5.74, 6) is 0.482. The van der Waals surface area contributed by atoms with E-state index >= 15 is 0 Å². The third kappa shape index (κ3) is 3.34. The molecule has 19 heavy (non-hydrogen) atoms. The van der Waals surface area contributed by atoms with Gasteiger partial charge in [0.1, 0.15) is 0 Å². The summed E-state index contributed by atoms with van der Waals surface area (Å²) >= 11 is 0. The Kier molecular flexibility index (Phi) is 4.94. The highest BCUT2D eigenvalue weighted by Crippen LogP contribution is 2.40. The van der Waals surface area contributed by atoms with E-state index in [0.717, 1.165) is 13.0 Å². The van der Waals surface area contributed by atoms with Gasteiger partial charge in [-0.1, -0.05) is 13.8 Å². The number of ether oxygens (including phenoxy) is 1. The maximum atomic E-state index is 5.78. The van der Waals surface area contributed by atoms with Gasteiger partial charge in [0.2, 0.25) is 0 Å². The van der Waals surface area contributed by atoms with Crippen LogP contribution >= 0.6 is 0 Å². The summed E-state index contributed by atoms with van der Waals surface area (Å²) in [6, 6.07) is 4.71. The zero-order valence-corrected chi connectivity index (χ0v) is 12.4. The van der Waals surface area contributed by atoms with Crippen molar-refractivity contribution in [2.45, 2.75) is 57.1 Å². The maximum absolute atomic E-state index is 5.78. The molecule has 2 unspecified atom stereocenters. The second kappa shape index (κ2) is 6.49. The number of rotatable bonds is 7. The fraction of sp³-hybridized carbons (Fsp3) is 0.688. The number of hydrogen-bond acceptors (Lipinski definition) is 3. The summed E-state index contributed by atoms with van der Waals surface area (Å²) in [7, 11) is 1.86. The minimum atomic E-state index is 0.119. The van der Waals surface area contributed by atoms with Gasteiger partial charge < -0.3 is 10.1 Å². The van der Waals surface area contributed by atoms with Crippen molar-refractivity contribution in [1.29, 1.82) is 0 Å². The molecule has 0 spiro atoms. The van der Waals surface area contributed by atoms with Crippen LogP contribution in [0.1, 0.15) is 51.0 Å². The highest BCUT2D eigenvalue weighted by Gasteiger charge is 2.40. The van der Waals surface area contributed by atoms with Crippen molar-refractivity contribution in [2.75, 3.05) is 13.7 Å². The molecule has 3 nitrogen and oxygen atoms in total. The Hall–Kier alpha value is -0.930. The van der Waals surface area contributed by atoms with Crippen molar-refractivity contribution in [3.63, 3.8) is 0 Å². The van der Waals surface area contributed by atoms with Crippen molar-refractivity contribution in [3.8, 4) is 0 Å². The molecule has 0 aromatic carbocycles. The van der Waals surface area contributed by atoms with Crippen LogP contribution in [-0.2, 0) is 4.74 Å². The highest BCUT2D eigenvalue weighted by atomic mass is 16.5. The molecule has 1 aliphatic carbocycles. The standard InChI is InChI=1S/C16H26N2O/c1-4-18-15(12-16(19-3)8-5-9-16)13(2)14-6-10-17-11-7-14/h6-7,10-11,13,15,18H,4-5,8-9,12H2,1-3H3. The molecule has 1 aromatic rings. The molecular weight excluding hydrogens is 236 g/mol. The number of aromatic nitrogens is 1. The molecule has 0 saturated heterocycles. The largest absolute Gasteiger partial charge is 0.378 e. The van der Waals surface area contributed by atoms with E-state index in [9.17, 15) is 0 Å². The van der Waals surface area contributed by atoms with Crippen LogP contribution in [0.3, 0.4) is 0 Å². The van der Waals surface area contributed by atoms with E-state index in [2.05, 4.69) is 36.3 Å². The molecule has 1 heterocycles. The average Bonchev–Trinajstić information content (AvgIpc) is 2.42. The molecule has 2 atom stereocenters. The molecule has 1 aromatic heterocycles. The maximum Gasteiger partial charge on any atom is 0.0693 e. The smallest absolute Gasteiger partial charge is 0.0693 e.